The third kappa shape index (κ3) is 2.77. The van der Waals surface area contributed by atoms with Gasteiger partial charge < -0.3 is 20.8 Å². The highest BCUT2D eigenvalue weighted by molar-refractivity contribution is 5.92. The molecule has 5 aliphatic carbocycles. The van der Waals surface area contributed by atoms with Gasteiger partial charge in [0.1, 0.15) is 5.78 Å². The lowest BCUT2D eigenvalue weighted by molar-refractivity contribution is -0.172. The third-order valence-electron chi connectivity index (χ3n) is 12.5. The van der Waals surface area contributed by atoms with Crippen molar-refractivity contribution in [2.45, 2.75) is 105 Å². The quantitative estimate of drug-likeness (QED) is 0.593. The molecule has 5 heteroatoms. The molecule has 33 heavy (non-hydrogen) atoms. The number of ketones is 1. The number of nitrogens with two attached hydrogens (primary N) is 1. The van der Waals surface area contributed by atoms with E-state index in [1.54, 1.807) is 0 Å². The van der Waals surface area contributed by atoms with E-state index in [-0.39, 0.29) is 57.8 Å². The van der Waals surface area contributed by atoms with Crippen LogP contribution in [-0.4, -0.2) is 59.8 Å². The van der Waals surface area contributed by atoms with Crippen LogP contribution >= 0.6 is 0 Å². The standard InChI is InChI=1S/C26H44N2O3.C2H6/c1-15(28(5)6)21-16(30)11-23(3)18-8-7-17-22(2,14-29)19(27)9-10-25(17)13-26(18,25)20(31)12-24(21,23)4;1-2/h15-19,21,29-30H,7-14,27H2,1-6H3;1-2H3/t15-,16+,17?,18?,19-,21?,22-,23-,24?,25?,26-;/m0./s1. The van der Waals surface area contributed by atoms with Crippen LogP contribution in [0, 0.1) is 44.8 Å². The molecule has 11 atom stereocenters. The maximum atomic E-state index is 14.2. The summed E-state index contributed by atoms with van der Waals surface area (Å²) in [6.07, 6.45) is 6.06. The lowest BCUT2D eigenvalue weighted by Crippen LogP contribution is -2.63. The molecule has 5 fully saturated rings. The number of hydrogen-bond donors (Lipinski definition) is 3. The van der Waals surface area contributed by atoms with Crippen LogP contribution in [0.5, 0.6) is 0 Å². The lowest BCUT2D eigenvalue weighted by Gasteiger charge is -2.62. The molecule has 5 unspecified atom stereocenters. The van der Waals surface area contributed by atoms with Gasteiger partial charge in [0, 0.05) is 35.3 Å². The minimum atomic E-state index is -0.356. The molecule has 190 valence electrons. The molecule has 5 rings (SSSR count). The topological polar surface area (TPSA) is 86.8 Å². The van der Waals surface area contributed by atoms with Gasteiger partial charge in [-0.15, -0.1) is 0 Å². The normalized spacial score (nSPS) is 55.5. The van der Waals surface area contributed by atoms with E-state index in [0.717, 1.165) is 38.5 Å². The predicted molar refractivity (Wildman–Crippen MR) is 133 cm³/mol. The van der Waals surface area contributed by atoms with Gasteiger partial charge in [0.05, 0.1) is 12.7 Å². The summed E-state index contributed by atoms with van der Waals surface area (Å²) in [6.45, 7) is 13.2. The van der Waals surface area contributed by atoms with Gasteiger partial charge in [-0.2, -0.15) is 0 Å². The number of nitrogens with zero attached hydrogens (tertiary/aromatic N) is 1. The maximum Gasteiger partial charge on any atom is 0.140 e. The first-order valence-electron chi connectivity index (χ1n) is 13.6. The maximum absolute atomic E-state index is 14.2. The highest BCUT2D eigenvalue weighted by Crippen LogP contribution is 2.87. The number of aliphatic hydroxyl groups is 2. The number of carbonyl (C=O) groups excluding carboxylic acids is 1. The molecule has 0 aliphatic heterocycles. The Morgan fingerprint density at radius 2 is 1.70 bits per heavy atom. The molecule has 0 radical (unpaired) electrons. The van der Waals surface area contributed by atoms with E-state index < -0.39 is 0 Å². The summed E-state index contributed by atoms with van der Waals surface area (Å²) < 4.78 is 0. The van der Waals surface area contributed by atoms with Crippen molar-refractivity contribution in [3.8, 4) is 0 Å². The van der Waals surface area contributed by atoms with Crippen molar-refractivity contribution in [1.29, 1.82) is 0 Å². The Labute approximate surface area is 201 Å². The fourth-order valence-corrected chi connectivity index (χ4v) is 10.4. The van der Waals surface area contributed by atoms with Crippen molar-refractivity contribution < 1.29 is 15.0 Å². The summed E-state index contributed by atoms with van der Waals surface area (Å²) in [4.78, 5) is 16.4. The first-order chi connectivity index (χ1) is 15.4. The number of aliphatic hydroxyl groups excluding tert-OH is 2. The number of fused-ring (bicyclic) bond motifs is 2. The fraction of sp³-hybridized carbons (Fsp3) is 0.964. The second-order valence-electron chi connectivity index (χ2n) is 13.2. The minimum absolute atomic E-state index is 0.0143. The average Bonchev–Trinajstić information content (AvgIpc) is 3.41. The van der Waals surface area contributed by atoms with Crippen molar-refractivity contribution in [3.05, 3.63) is 0 Å². The number of hydrogen-bond acceptors (Lipinski definition) is 5. The van der Waals surface area contributed by atoms with Crippen LogP contribution in [0.2, 0.25) is 0 Å². The minimum Gasteiger partial charge on any atom is -0.396 e. The first kappa shape index (κ1) is 25.6. The zero-order valence-corrected chi connectivity index (χ0v) is 22.4. The molecule has 0 aromatic heterocycles. The van der Waals surface area contributed by atoms with Crippen LogP contribution in [0.15, 0.2) is 0 Å². The smallest absolute Gasteiger partial charge is 0.140 e. The molecular weight excluding hydrogens is 412 g/mol. The molecule has 5 saturated carbocycles. The second-order valence-corrected chi connectivity index (χ2v) is 13.2. The Morgan fingerprint density at radius 3 is 2.27 bits per heavy atom. The summed E-state index contributed by atoms with van der Waals surface area (Å²) in [6, 6.07) is 0.249. The molecule has 0 aromatic carbocycles. The van der Waals surface area contributed by atoms with Crippen LogP contribution < -0.4 is 5.73 Å². The zero-order valence-electron chi connectivity index (χ0n) is 22.4. The molecule has 0 heterocycles. The molecule has 0 bridgehead atoms. The van der Waals surface area contributed by atoms with Gasteiger partial charge in [0.15, 0.2) is 0 Å². The van der Waals surface area contributed by atoms with Gasteiger partial charge >= 0.3 is 0 Å². The van der Waals surface area contributed by atoms with Crippen LogP contribution in [0.4, 0.5) is 0 Å². The van der Waals surface area contributed by atoms with Crippen molar-refractivity contribution >= 4 is 5.78 Å². The van der Waals surface area contributed by atoms with E-state index in [2.05, 4.69) is 46.7 Å². The summed E-state index contributed by atoms with van der Waals surface area (Å²) in [7, 11) is 4.18. The molecule has 0 amide bonds. The molecular formula is C28H50N2O3. The van der Waals surface area contributed by atoms with Gasteiger partial charge in [-0.3, -0.25) is 4.79 Å². The molecule has 0 saturated heterocycles. The zero-order chi connectivity index (χ0) is 24.8. The average molecular weight is 463 g/mol. The van der Waals surface area contributed by atoms with Gasteiger partial charge in [-0.05, 0) is 87.6 Å². The second kappa shape index (κ2) is 7.75. The highest BCUT2D eigenvalue weighted by Gasteiger charge is 2.86. The Kier molecular flexibility index (Phi) is 6.01. The summed E-state index contributed by atoms with van der Waals surface area (Å²) in [5.74, 6) is 1.25. The Bertz CT molecular complexity index is 802. The summed E-state index contributed by atoms with van der Waals surface area (Å²) in [5, 5.41) is 21.7. The largest absolute Gasteiger partial charge is 0.396 e. The van der Waals surface area contributed by atoms with Crippen LogP contribution in [-0.2, 0) is 4.79 Å². The van der Waals surface area contributed by atoms with E-state index >= 15 is 0 Å². The molecule has 5 aliphatic rings. The SMILES string of the molecule is CC.C[C@@H](C1[C@H](O)C[C@@]2(C)C3CCC4C5(CC[C@H](N)[C@@]4(C)CO)C[C@@]35C(=O)CC12C)N(C)C. The molecule has 0 aromatic rings. The summed E-state index contributed by atoms with van der Waals surface area (Å²) >= 11 is 0. The van der Waals surface area contributed by atoms with Gasteiger partial charge in [-0.1, -0.05) is 34.6 Å². The fourth-order valence-electron chi connectivity index (χ4n) is 10.4. The van der Waals surface area contributed by atoms with Crippen LogP contribution in [0.25, 0.3) is 0 Å². The van der Waals surface area contributed by atoms with E-state index in [1.165, 1.54) is 0 Å². The Hall–Kier alpha value is -0.490. The van der Waals surface area contributed by atoms with Gasteiger partial charge in [0.25, 0.3) is 0 Å². The number of rotatable bonds is 3. The predicted octanol–water partition coefficient (Wildman–Crippen LogP) is 3.85. The Morgan fingerprint density at radius 1 is 1.09 bits per heavy atom. The van der Waals surface area contributed by atoms with Gasteiger partial charge in [-0.25, -0.2) is 0 Å². The van der Waals surface area contributed by atoms with Crippen molar-refractivity contribution in [3.63, 3.8) is 0 Å². The number of Topliss-reactive ketones (excluding diaryl/α,β-unsaturated/α-hetero) is 1. The lowest BCUT2D eigenvalue weighted by atomic mass is 9.41. The molecule has 2 spiro atoms. The van der Waals surface area contributed by atoms with E-state index in [1.807, 2.05) is 13.8 Å². The van der Waals surface area contributed by atoms with E-state index in [9.17, 15) is 15.0 Å². The third-order valence-corrected chi connectivity index (χ3v) is 12.5. The monoisotopic (exact) mass is 462 g/mol. The van der Waals surface area contributed by atoms with Gasteiger partial charge in [0.2, 0.25) is 0 Å². The summed E-state index contributed by atoms with van der Waals surface area (Å²) in [5.41, 5.74) is 5.86. The van der Waals surface area contributed by atoms with E-state index in [0.29, 0.717) is 24.0 Å². The van der Waals surface area contributed by atoms with Crippen molar-refractivity contribution in [2.75, 3.05) is 20.7 Å². The molecule has 4 N–H and O–H groups in total. The van der Waals surface area contributed by atoms with E-state index in [4.69, 9.17) is 5.73 Å². The highest BCUT2D eigenvalue weighted by atomic mass is 16.3. The van der Waals surface area contributed by atoms with Crippen molar-refractivity contribution in [2.24, 2.45) is 50.6 Å². The first-order valence-corrected chi connectivity index (χ1v) is 13.6. The number of carbonyl (C=O) groups is 1. The van der Waals surface area contributed by atoms with Crippen LogP contribution in [0.1, 0.15) is 86.5 Å². The Balaban J connectivity index is 0.00000126. The van der Waals surface area contributed by atoms with Crippen molar-refractivity contribution in [1.82, 2.24) is 4.90 Å². The molecule has 5 nitrogen and oxygen atoms in total. The van der Waals surface area contributed by atoms with Crippen LogP contribution in [0.3, 0.4) is 0 Å².